The summed E-state index contributed by atoms with van der Waals surface area (Å²) in [6.45, 7) is 4.57. The van der Waals surface area contributed by atoms with Gasteiger partial charge in [-0.3, -0.25) is 0 Å². The summed E-state index contributed by atoms with van der Waals surface area (Å²) in [5.41, 5.74) is 1.64. The van der Waals surface area contributed by atoms with Crippen molar-refractivity contribution in [2.75, 3.05) is 11.9 Å². The van der Waals surface area contributed by atoms with Crippen LogP contribution in [0, 0.1) is 6.92 Å². The standard InChI is InChI=1S/C11H14BrClN2O/c1-3-4-14-11(16)15-10-6-9(13)7(2)5-8(10)12/h5-6H,3-4H2,1-2H3,(H2,14,15,16). The predicted molar refractivity (Wildman–Crippen MR) is 71.2 cm³/mol. The number of anilines is 1. The molecule has 0 aliphatic rings. The fourth-order valence-electron chi connectivity index (χ4n) is 1.15. The highest BCUT2D eigenvalue weighted by atomic mass is 79.9. The molecule has 0 saturated carbocycles. The van der Waals surface area contributed by atoms with Crippen molar-refractivity contribution >= 4 is 39.2 Å². The van der Waals surface area contributed by atoms with Gasteiger partial charge < -0.3 is 10.6 Å². The molecule has 0 bridgehead atoms. The molecule has 1 rings (SSSR count). The molecule has 2 amide bonds. The molecule has 0 spiro atoms. The first-order valence-corrected chi connectivity index (χ1v) is 6.22. The van der Waals surface area contributed by atoms with Crippen LogP contribution >= 0.6 is 27.5 Å². The van der Waals surface area contributed by atoms with Crippen molar-refractivity contribution in [1.82, 2.24) is 5.32 Å². The Hall–Kier alpha value is -0.740. The van der Waals surface area contributed by atoms with Crippen molar-refractivity contribution in [2.24, 2.45) is 0 Å². The number of carbonyl (C=O) groups excluding carboxylic acids is 1. The van der Waals surface area contributed by atoms with Gasteiger partial charge in [-0.15, -0.1) is 0 Å². The molecule has 0 atom stereocenters. The Morgan fingerprint density at radius 3 is 2.81 bits per heavy atom. The zero-order chi connectivity index (χ0) is 12.1. The number of urea groups is 1. The second-order valence-corrected chi connectivity index (χ2v) is 4.72. The molecule has 16 heavy (non-hydrogen) atoms. The lowest BCUT2D eigenvalue weighted by molar-refractivity contribution is 0.252. The number of halogens is 2. The van der Waals surface area contributed by atoms with E-state index in [1.165, 1.54) is 0 Å². The van der Waals surface area contributed by atoms with E-state index in [0.29, 0.717) is 17.3 Å². The molecule has 0 unspecified atom stereocenters. The Balaban J connectivity index is 2.73. The van der Waals surface area contributed by atoms with Crippen LogP contribution < -0.4 is 10.6 Å². The Bertz CT molecular complexity index is 396. The maximum absolute atomic E-state index is 11.4. The molecule has 0 aliphatic carbocycles. The van der Waals surface area contributed by atoms with E-state index in [1.54, 1.807) is 6.07 Å². The molecule has 1 aromatic carbocycles. The number of hydrogen-bond acceptors (Lipinski definition) is 1. The molecule has 3 nitrogen and oxygen atoms in total. The molecular weight excluding hydrogens is 291 g/mol. The molecule has 0 fully saturated rings. The zero-order valence-electron chi connectivity index (χ0n) is 9.23. The van der Waals surface area contributed by atoms with Crippen molar-refractivity contribution in [3.8, 4) is 0 Å². The fraction of sp³-hybridized carbons (Fsp3) is 0.364. The summed E-state index contributed by atoms with van der Waals surface area (Å²) in [7, 11) is 0. The van der Waals surface area contributed by atoms with E-state index in [2.05, 4.69) is 26.6 Å². The summed E-state index contributed by atoms with van der Waals surface area (Å²) in [5.74, 6) is 0. The first-order valence-electron chi connectivity index (χ1n) is 5.05. The third kappa shape index (κ3) is 3.68. The molecule has 0 aromatic heterocycles. The van der Waals surface area contributed by atoms with Crippen molar-refractivity contribution in [2.45, 2.75) is 20.3 Å². The van der Waals surface area contributed by atoms with Gasteiger partial charge in [0.1, 0.15) is 0 Å². The number of carbonyl (C=O) groups is 1. The number of rotatable bonds is 3. The van der Waals surface area contributed by atoms with Gasteiger partial charge >= 0.3 is 6.03 Å². The molecule has 88 valence electrons. The quantitative estimate of drug-likeness (QED) is 0.872. The van der Waals surface area contributed by atoms with Crippen LogP contribution in [0.3, 0.4) is 0 Å². The van der Waals surface area contributed by atoms with Crippen LogP contribution in [0.4, 0.5) is 10.5 Å². The second kappa shape index (κ2) is 6.11. The van der Waals surface area contributed by atoms with Crippen molar-refractivity contribution < 1.29 is 4.79 Å². The monoisotopic (exact) mass is 304 g/mol. The normalized spacial score (nSPS) is 10.0. The molecule has 2 N–H and O–H groups in total. The molecular formula is C11H14BrClN2O. The molecule has 0 heterocycles. The number of aryl methyl sites for hydroxylation is 1. The first kappa shape index (κ1) is 13.3. The summed E-state index contributed by atoms with van der Waals surface area (Å²) >= 11 is 9.36. The average Bonchev–Trinajstić information content (AvgIpc) is 2.23. The van der Waals surface area contributed by atoms with Crippen LogP contribution in [0.1, 0.15) is 18.9 Å². The largest absolute Gasteiger partial charge is 0.338 e. The van der Waals surface area contributed by atoms with Crippen molar-refractivity contribution in [3.05, 3.63) is 27.2 Å². The third-order valence-electron chi connectivity index (χ3n) is 2.03. The number of amides is 2. The van der Waals surface area contributed by atoms with E-state index in [4.69, 9.17) is 11.6 Å². The Labute approximate surface area is 109 Å². The summed E-state index contributed by atoms with van der Waals surface area (Å²) in [4.78, 5) is 11.4. The van der Waals surface area contributed by atoms with Gasteiger partial charge in [0.15, 0.2) is 0 Å². The summed E-state index contributed by atoms with van der Waals surface area (Å²) in [6, 6.07) is 3.38. The van der Waals surface area contributed by atoms with Crippen LogP contribution in [0.5, 0.6) is 0 Å². The average molecular weight is 306 g/mol. The molecule has 0 radical (unpaired) electrons. The van der Waals surface area contributed by atoms with E-state index in [0.717, 1.165) is 16.5 Å². The van der Waals surface area contributed by atoms with E-state index in [1.807, 2.05) is 19.9 Å². The van der Waals surface area contributed by atoms with Crippen LogP contribution in [0.25, 0.3) is 0 Å². The van der Waals surface area contributed by atoms with Gasteiger partial charge in [0, 0.05) is 16.0 Å². The second-order valence-electron chi connectivity index (χ2n) is 3.46. The summed E-state index contributed by atoms with van der Waals surface area (Å²) < 4.78 is 0.820. The molecule has 5 heteroatoms. The van der Waals surface area contributed by atoms with Gasteiger partial charge in [-0.1, -0.05) is 18.5 Å². The number of benzene rings is 1. The summed E-state index contributed by atoms with van der Waals surface area (Å²) in [6.07, 6.45) is 0.906. The molecule has 1 aromatic rings. The van der Waals surface area contributed by atoms with Crippen LogP contribution in [0.15, 0.2) is 16.6 Å². The van der Waals surface area contributed by atoms with Gasteiger partial charge in [0.05, 0.1) is 5.69 Å². The fourth-order valence-corrected chi connectivity index (χ4v) is 1.87. The Kier molecular flexibility index (Phi) is 5.09. The number of hydrogen-bond donors (Lipinski definition) is 2. The van der Waals surface area contributed by atoms with E-state index in [-0.39, 0.29) is 6.03 Å². The highest BCUT2D eigenvalue weighted by molar-refractivity contribution is 9.10. The minimum absolute atomic E-state index is 0.220. The van der Waals surface area contributed by atoms with Gasteiger partial charge in [-0.25, -0.2) is 4.79 Å². The van der Waals surface area contributed by atoms with Gasteiger partial charge in [0.2, 0.25) is 0 Å². The Morgan fingerprint density at radius 2 is 2.19 bits per heavy atom. The zero-order valence-corrected chi connectivity index (χ0v) is 11.6. The van der Waals surface area contributed by atoms with Crippen LogP contribution in [-0.2, 0) is 0 Å². The van der Waals surface area contributed by atoms with E-state index >= 15 is 0 Å². The van der Waals surface area contributed by atoms with E-state index < -0.39 is 0 Å². The lowest BCUT2D eigenvalue weighted by atomic mass is 10.2. The van der Waals surface area contributed by atoms with Crippen LogP contribution in [0.2, 0.25) is 5.02 Å². The lowest BCUT2D eigenvalue weighted by Crippen LogP contribution is -2.29. The maximum Gasteiger partial charge on any atom is 0.319 e. The first-order chi connectivity index (χ1) is 7.54. The van der Waals surface area contributed by atoms with E-state index in [9.17, 15) is 4.79 Å². The minimum atomic E-state index is -0.220. The topological polar surface area (TPSA) is 41.1 Å². The predicted octanol–water partition coefficient (Wildman–Crippen LogP) is 3.94. The number of nitrogens with one attached hydrogen (secondary N) is 2. The molecule has 0 saturated heterocycles. The lowest BCUT2D eigenvalue weighted by Gasteiger charge is -2.10. The van der Waals surface area contributed by atoms with Gasteiger partial charge in [0.25, 0.3) is 0 Å². The van der Waals surface area contributed by atoms with Crippen molar-refractivity contribution in [1.29, 1.82) is 0 Å². The third-order valence-corrected chi connectivity index (χ3v) is 3.10. The van der Waals surface area contributed by atoms with Gasteiger partial charge in [-0.05, 0) is 47.0 Å². The SMILES string of the molecule is CCCNC(=O)Nc1cc(Cl)c(C)cc1Br. The van der Waals surface area contributed by atoms with Crippen LogP contribution in [-0.4, -0.2) is 12.6 Å². The maximum atomic E-state index is 11.4. The highest BCUT2D eigenvalue weighted by Crippen LogP contribution is 2.28. The summed E-state index contributed by atoms with van der Waals surface area (Å²) in [5, 5.41) is 6.09. The smallest absolute Gasteiger partial charge is 0.319 e. The molecule has 0 aliphatic heterocycles. The van der Waals surface area contributed by atoms with Gasteiger partial charge in [-0.2, -0.15) is 0 Å². The highest BCUT2D eigenvalue weighted by Gasteiger charge is 2.07. The minimum Gasteiger partial charge on any atom is -0.338 e. The van der Waals surface area contributed by atoms with Crippen molar-refractivity contribution in [3.63, 3.8) is 0 Å². The Morgan fingerprint density at radius 1 is 1.50 bits per heavy atom.